The molecule has 2 aliphatic rings. The van der Waals surface area contributed by atoms with Crippen LogP contribution in [0.2, 0.25) is 0 Å². The van der Waals surface area contributed by atoms with Crippen LogP contribution in [0.15, 0.2) is 47.5 Å². The summed E-state index contributed by atoms with van der Waals surface area (Å²) in [6.07, 6.45) is 10.8. The van der Waals surface area contributed by atoms with Crippen LogP contribution in [0.3, 0.4) is 0 Å². The zero-order chi connectivity index (χ0) is 17.1. The zero-order valence-electron chi connectivity index (χ0n) is 14.9. The first-order valence-corrected chi connectivity index (χ1v) is 9.19. The summed E-state index contributed by atoms with van der Waals surface area (Å²) in [6.45, 7) is 4.97. The van der Waals surface area contributed by atoms with Crippen LogP contribution in [0.1, 0.15) is 30.4 Å². The Labute approximate surface area is 149 Å². The Hall–Kier alpha value is -1.69. The fourth-order valence-electron chi connectivity index (χ4n) is 4.12. The summed E-state index contributed by atoms with van der Waals surface area (Å²) >= 11 is 0. The van der Waals surface area contributed by atoms with E-state index >= 15 is 0 Å². The Morgan fingerprint density at radius 2 is 2.16 bits per heavy atom. The van der Waals surface area contributed by atoms with Crippen molar-refractivity contribution in [1.82, 2.24) is 14.8 Å². The molecule has 4 heterocycles. The van der Waals surface area contributed by atoms with Gasteiger partial charge in [0.05, 0.1) is 24.7 Å². The summed E-state index contributed by atoms with van der Waals surface area (Å²) in [5.74, 6) is 0. The molecule has 0 unspecified atom stereocenters. The van der Waals surface area contributed by atoms with Crippen molar-refractivity contribution in [3.8, 4) is 0 Å². The van der Waals surface area contributed by atoms with Gasteiger partial charge in [0, 0.05) is 50.2 Å². The summed E-state index contributed by atoms with van der Waals surface area (Å²) in [6, 6.07) is 6.70. The van der Waals surface area contributed by atoms with Crippen LogP contribution in [0, 0.1) is 0 Å². The third-order valence-corrected chi connectivity index (χ3v) is 5.72. The maximum absolute atomic E-state index is 6.33. The first kappa shape index (κ1) is 16.8. The molecule has 2 aliphatic heterocycles. The summed E-state index contributed by atoms with van der Waals surface area (Å²) in [7, 11) is 2.20. The second-order valence-corrected chi connectivity index (χ2v) is 7.54. The van der Waals surface area contributed by atoms with Crippen molar-refractivity contribution in [3.63, 3.8) is 0 Å². The molecule has 0 aliphatic carbocycles. The molecular weight excluding hydrogens is 314 g/mol. The molecule has 0 N–H and O–H groups in total. The van der Waals surface area contributed by atoms with Gasteiger partial charge in [0.15, 0.2) is 0 Å². The Bertz CT molecular complexity index is 651. The van der Waals surface area contributed by atoms with Crippen LogP contribution in [0.5, 0.6) is 0 Å². The molecule has 1 atom stereocenters. The molecule has 1 spiro atoms. The van der Waals surface area contributed by atoms with Gasteiger partial charge in [-0.2, -0.15) is 0 Å². The molecule has 5 nitrogen and oxygen atoms in total. The van der Waals surface area contributed by atoms with Gasteiger partial charge in [-0.15, -0.1) is 0 Å². The monoisotopic (exact) mass is 341 g/mol. The van der Waals surface area contributed by atoms with Gasteiger partial charge in [-0.05, 0) is 44.0 Å². The number of hydrogen-bond acceptors (Lipinski definition) is 5. The number of pyridine rings is 1. The molecule has 2 saturated heterocycles. The third-order valence-electron chi connectivity index (χ3n) is 5.72. The molecule has 134 valence electrons. The number of likely N-dealkylation sites (tertiary alicyclic amines) is 1. The van der Waals surface area contributed by atoms with Crippen LogP contribution < -0.4 is 0 Å². The van der Waals surface area contributed by atoms with E-state index < -0.39 is 0 Å². The highest BCUT2D eigenvalue weighted by Crippen LogP contribution is 2.38. The zero-order valence-corrected chi connectivity index (χ0v) is 14.9. The minimum absolute atomic E-state index is 0.0841. The fraction of sp³-hybridized carbons (Fsp3) is 0.550. The van der Waals surface area contributed by atoms with Crippen molar-refractivity contribution >= 4 is 0 Å². The van der Waals surface area contributed by atoms with E-state index in [2.05, 4.69) is 34.0 Å². The quantitative estimate of drug-likeness (QED) is 0.836. The number of hydrogen-bond donors (Lipinski definition) is 0. The minimum Gasteiger partial charge on any atom is -0.472 e. The molecule has 25 heavy (non-hydrogen) atoms. The van der Waals surface area contributed by atoms with Gasteiger partial charge in [0.1, 0.15) is 0 Å². The van der Waals surface area contributed by atoms with Crippen LogP contribution >= 0.6 is 0 Å². The van der Waals surface area contributed by atoms with Gasteiger partial charge >= 0.3 is 0 Å². The van der Waals surface area contributed by atoms with Crippen LogP contribution in [-0.4, -0.2) is 53.2 Å². The number of nitrogens with zero attached hydrogens (tertiary/aromatic N) is 3. The summed E-state index contributed by atoms with van der Waals surface area (Å²) in [5, 5.41) is 0. The lowest BCUT2D eigenvalue weighted by Gasteiger charge is -2.38. The lowest BCUT2D eigenvalue weighted by molar-refractivity contribution is -0.0452. The van der Waals surface area contributed by atoms with Gasteiger partial charge in [-0.3, -0.25) is 14.8 Å². The van der Waals surface area contributed by atoms with E-state index in [9.17, 15) is 0 Å². The number of likely N-dealkylation sites (N-methyl/N-ethyl adjacent to an activating group) is 1. The van der Waals surface area contributed by atoms with Crippen molar-refractivity contribution in [2.75, 3.05) is 26.7 Å². The Kier molecular flexibility index (Phi) is 4.88. The number of aromatic nitrogens is 1. The molecule has 2 aromatic heterocycles. The first-order chi connectivity index (χ1) is 12.2. The molecule has 0 aromatic carbocycles. The normalized spacial score (nSPS) is 23.5. The Balaban J connectivity index is 1.28. The van der Waals surface area contributed by atoms with E-state index in [-0.39, 0.29) is 5.60 Å². The minimum atomic E-state index is 0.0841. The molecule has 2 aromatic rings. The van der Waals surface area contributed by atoms with Crippen molar-refractivity contribution < 1.29 is 9.15 Å². The summed E-state index contributed by atoms with van der Waals surface area (Å²) in [5.41, 5.74) is 2.61. The highest BCUT2D eigenvalue weighted by atomic mass is 16.5. The highest BCUT2D eigenvalue weighted by Gasteiger charge is 2.43. The molecular formula is C20H27N3O2. The molecule has 4 rings (SSSR count). The average Bonchev–Trinajstić information content (AvgIpc) is 3.29. The second-order valence-electron chi connectivity index (χ2n) is 7.54. The van der Waals surface area contributed by atoms with E-state index in [1.54, 1.807) is 6.26 Å². The number of ether oxygens (including phenoxy) is 1. The van der Waals surface area contributed by atoms with Crippen LogP contribution in [0.25, 0.3) is 0 Å². The summed E-state index contributed by atoms with van der Waals surface area (Å²) < 4.78 is 11.5. The standard InChI is InChI=1S/C20H27N3O2/c1-22(13-17-3-2-7-21-12-17)19-11-20(25-16-19)5-8-23(9-6-20)14-18-4-10-24-15-18/h2-4,7,10,12,15,19H,5-6,8-9,11,13-14,16H2,1H3/t19-/m0/s1. The first-order valence-electron chi connectivity index (χ1n) is 9.19. The predicted molar refractivity (Wildman–Crippen MR) is 96.0 cm³/mol. The molecule has 5 heteroatoms. The Morgan fingerprint density at radius 3 is 2.88 bits per heavy atom. The van der Waals surface area contributed by atoms with E-state index in [1.165, 1.54) is 11.1 Å². The maximum atomic E-state index is 6.33. The van der Waals surface area contributed by atoms with Crippen LogP contribution in [-0.2, 0) is 17.8 Å². The largest absolute Gasteiger partial charge is 0.472 e. The summed E-state index contributed by atoms with van der Waals surface area (Å²) in [4.78, 5) is 9.14. The number of piperidine rings is 1. The Morgan fingerprint density at radius 1 is 1.28 bits per heavy atom. The van der Waals surface area contributed by atoms with Crippen molar-refractivity contribution in [3.05, 3.63) is 54.2 Å². The molecule has 0 amide bonds. The second kappa shape index (κ2) is 7.28. The lowest BCUT2D eigenvalue weighted by Crippen LogP contribution is -2.44. The molecule has 0 bridgehead atoms. The van der Waals surface area contributed by atoms with Crippen molar-refractivity contribution in [2.45, 2.75) is 44.0 Å². The molecule has 0 radical (unpaired) electrons. The van der Waals surface area contributed by atoms with Crippen LogP contribution in [0.4, 0.5) is 0 Å². The van der Waals surface area contributed by atoms with Gasteiger partial charge in [0.25, 0.3) is 0 Å². The van der Waals surface area contributed by atoms with Crippen molar-refractivity contribution in [1.29, 1.82) is 0 Å². The van der Waals surface area contributed by atoms with Crippen molar-refractivity contribution in [2.24, 2.45) is 0 Å². The van der Waals surface area contributed by atoms with E-state index in [0.29, 0.717) is 6.04 Å². The van der Waals surface area contributed by atoms with E-state index in [4.69, 9.17) is 9.15 Å². The van der Waals surface area contributed by atoms with E-state index in [0.717, 1.165) is 52.0 Å². The SMILES string of the molecule is CN(Cc1cccnc1)[C@@H]1COC2(CCN(Cc3ccoc3)CC2)C1. The van der Waals surface area contributed by atoms with Gasteiger partial charge in [0.2, 0.25) is 0 Å². The molecule has 0 saturated carbocycles. The fourth-order valence-corrected chi connectivity index (χ4v) is 4.12. The third kappa shape index (κ3) is 3.94. The van der Waals surface area contributed by atoms with Gasteiger partial charge < -0.3 is 9.15 Å². The lowest BCUT2D eigenvalue weighted by atomic mass is 9.87. The number of furan rings is 1. The predicted octanol–water partition coefficient (Wildman–Crippen LogP) is 2.93. The molecule has 2 fully saturated rings. The highest BCUT2D eigenvalue weighted by molar-refractivity contribution is 5.09. The average molecular weight is 341 g/mol. The topological polar surface area (TPSA) is 41.7 Å². The van der Waals surface area contributed by atoms with E-state index in [1.807, 2.05) is 24.7 Å². The van der Waals surface area contributed by atoms with Gasteiger partial charge in [-0.25, -0.2) is 0 Å². The number of rotatable bonds is 5. The van der Waals surface area contributed by atoms with Gasteiger partial charge in [-0.1, -0.05) is 6.07 Å². The smallest absolute Gasteiger partial charge is 0.0947 e. The maximum Gasteiger partial charge on any atom is 0.0947 e.